The standard InChI is InChI=1S/C14H24N2O/c1-14(2)6-4-12(5-7-14)13(17)8-11-9-15-16(3)10-11/h9-10,12-13,17H,4-8H2,1-3H3. The number of aromatic nitrogens is 2. The van der Waals surface area contributed by atoms with Gasteiger partial charge in [0.1, 0.15) is 0 Å². The molecule has 1 atom stereocenters. The maximum Gasteiger partial charge on any atom is 0.0609 e. The Bertz CT molecular complexity index is 360. The van der Waals surface area contributed by atoms with Crippen LogP contribution in [-0.2, 0) is 13.5 Å². The molecular weight excluding hydrogens is 212 g/mol. The molecule has 1 saturated carbocycles. The van der Waals surface area contributed by atoms with Crippen LogP contribution in [0.3, 0.4) is 0 Å². The van der Waals surface area contributed by atoms with E-state index in [2.05, 4.69) is 18.9 Å². The quantitative estimate of drug-likeness (QED) is 0.875. The molecule has 1 N–H and O–H groups in total. The number of aliphatic hydroxyl groups excluding tert-OH is 1. The zero-order valence-corrected chi connectivity index (χ0v) is 11.2. The first-order valence-corrected chi connectivity index (χ1v) is 6.62. The van der Waals surface area contributed by atoms with E-state index >= 15 is 0 Å². The molecule has 3 nitrogen and oxygen atoms in total. The highest BCUT2D eigenvalue weighted by atomic mass is 16.3. The van der Waals surface area contributed by atoms with E-state index in [1.54, 1.807) is 4.68 Å². The summed E-state index contributed by atoms with van der Waals surface area (Å²) in [7, 11) is 1.92. The van der Waals surface area contributed by atoms with Crippen molar-refractivity contribution in [3.05, 3.63) is 18.0 Å². The van der Waals surface area contributed by atoms with Gasteiger partial charge in [-0.3, -0.25) is 4.68 Å². The third-order valence-electron chi connectivity index (χ3n) is 4.13. The molecule has 96 valence electrons. The van der Waals surface area contributed by atoms with Crippen molar-refractivity contribution in [2.75, 3.05) is 0 Å². The van der Waals surface area contributed by atoms with E-state index in [4.69, 9.17) is 0 Å². The molecule has 1 aliphatic carbocycles. The highest BCUT2D eigenvalue weighted by Crippen LogP contribution is 2.39. The molecule has 0 aromatic carbocycles. The SMILES string of the molecule is Cn1cc(CC(O)C2CCC(C)(C)CC2)cn1. The Morgan fingerprint density at radius 3 is 2.65 bits per heavy atom. The lowest BCUT2D eigenvalue weighted by Gasteiger charge is -2.36. The largest absolute Gasteiger partial charge is 0.392 e. The van der Waals surface area contributed by atoms with Gasteiger partial charge in [-0.05, 0) is 42.6 Å². The second-order valence-electron chi connectivity index (χ2n) is 6.30. The Balaban J connectivity index is 1.87. The number of nitrogens with zero attached hydrogens (tertiary/aromatic N) is 2. The normalized spacial score (nSPS) is 22.6. The smallest absolute Gasteiger partial charge is 0.0609 e. The van der Waals surface area contributed by atoms with Crippen LogP contribution in [0.5, 0.6) is 0 Å². The minimum atomic E-state index is -0.199. The van der Waals surface area contributed by atoms with Gasteiger partial charge in [0.25, 0.3) is 0 Å². The topological polar surface area (TPSA) is 38.0 Å². The van der Waals surface area contributed by atoms with Gasteiger partial charge in [-0.15, -0.1) is 0 Å². The van der Waals surface area contributed by atoms with Crippen LogP contribution >= 0.6 is 0 Å². The van der Waals surface area contributed by atoms with Gasteiger partial charge in [-0.2, -0.15) is 5.10 Å². The average Bonchev–Trinajstić information content (AvgIpc) is 2.63. The zero-order valence-electron chi connectivity index (χ0n) is 11.2. The fourth-order valence-electron chi connectivity index (χ4n) is 2.79. The Kier molecular flexibility index (Phi) is 3.57. The Labute approximate surface area is 104 Å². The van der Waals surface area contributed by atoms with E-state index < -0.39 is 0 Å². The van der Waals surface area contributed by atoms with Gasteiger partial charge in [0, 0.05) is 19.7 Å². The predicted molar refractivity (Wildman–Crippen MR) is 68.7 cm³/mol. The molecule has 3 heteroatoms. The molecule has 0 radical (unpaired) electrons. The number of hydrogen-bond acceptors (Lipinski definition) is 2. The molecule has 1 unspecified atom stereocenters. The van der Waals surface area contributed by atoms with Gasteiger partial charge in [0.05, 0.1) is 12.3 Å². The van der Waals surface area contributed by atoms with E-state index in [9.17, 15) is 5.11 Å². The molecule has 0 saturated heterocycles. The molecule has 0 spiro atoms. The first-order valence-electron chi connectivity index (χ1n) is 6.62. The second kappa shape index (κ2) is 4.81. The fourth-order valence-corrected chi connectivity index (χ4v) is 2.79. The van der Waals surface area contributed by atoms with Crippen LogP contribution in [0.2, 0.25) is 0 Å². The molecule has 1 aliphatic rings. The minimum Gasteiger partial charge on any atom is -0.392 e. The molecular formula is C14H24N2O. The summed E-state index contributed by atoms with van der Waals surface area (Å²) in [5, 5.41) is 14.4. The summed E-state index contributed by atoms with van der Waals surface area (Å²) in [5.41, 5.74) is 1.62. The van der Waals surface area contributed by atoms with Gasteiger partial charge < -0.3 is 5.11 Å². The first-order chi connectivity index (χ1) is 7.96. The van der Waals surface area contributed by atoms with E-state index in [0.29, 0.717) is 11.3 Å². The van der Waals surface area contributed by atoms with Crippen molar-refractivity contribution in [3.8, 4) is 0 Å². The molecule has 0 bridgehead atoms. The molecule has 0 aliphatic heterocycles. The predicted octanol–water partition coefficient (Wildman–Crippen LogP) is 2.54. The average molecular weight is 236 g/mol. The summed E-state index contributed by atoms with van der Waals surface area (Å²) in [6.07, 6.45) is 9.20. The summed E-state index contributed by atoms with van der Waals surface area (Å²) >= 11 is 0. The molecule has 17 heavy (non-hydrogen) atoms. The van der Waals surface area contributed by atoms with E-state index in [1.165, 1.54) is 12.8 Å². The molecule has 1 aromatic heterocycles. The lowest BCUT2D eigenvalue weighted by molar-refractivity contribution is 0.0576. The lowest BCUT2D eigenvalue weighted by Crippen LogP contribution is -2.30. The second-order valence-corrected chi connectivity index (χ2v) is 6.30. The molecule has 1 fully saturated rings. The van der Waals surface area contributed by atoms with Crippen molar-refractivity contribution in [1.82, 2.24) is 9.78 Å². The van der Waals surface area contributed by atoms with Crippen LogP contribution in [0.1, 0.15) is 45.1 Å². The van der Waals surface area contributed by atoms with Crippen LogP contribution in [-0.4, -0.2) is 21.0 Å². The van der Waals surface area contributed by atoms with E-state index in [-0.39, 0.29) is 6.10 Å². The lowest BCUT2D eigenvalue weighted by atomic mass is 9.71. The Hall–Kier alpha value is -0.830. The summed E-state index contributed by atoms with van der Waals surface area (Å²) in [6, 6.07) is 0. The zero-order chi connectivity index (χ0) is 12.5. The third-order valence-corrected chi connectivity index (χ3v) is 4.13. The van der Waals surface area contributed by atoms with Gasteiger partial charge in [-0.25, -0.2) is 0 Å². The highest BCUT2D eigenvalue weighted by Gasteiger charge is 2.30. The molecule has 0 amide bonds. The van der Waals surface area contributed by atoms with Crippen LogP contribution < -0.4 is 0 Å². The van der Waals surface area contributed by atoms with Gasteiger partial charge in [0.15, 0.2) is 0 Å². The maximum absolute atomic E-state index is 10.3. The summed E-state index contributed by atoms with van der Waals surface area (Å²) in [5.74, 6) is 0.475. The molecule has 1 aromatic rings. The van der Waals surface area contributed by atoms with Crippen LogP contribution in [0.25, 0.3) is 0 Å². The van der Waals surface area contributed by atoms with Gasteiger partial charge >= 0.3 is 0 Å². The summed E-state index contributed by atoms with van der Waals surface area (Å²) < 4.78 is 1.80. The van der Waals surface area contributed by atoms with Crippen molar-refractivity contribution in [3.63, 3.8) is 0 Å². The van der Waals surface area contributed by atoms with Crippen molar-refractivity contribution in [2.24, 2.45) is 18.4 Å². The van der Waals surface area contributed by atoms with Gasteiger partial charge in [0.2, 0.25) is 0 Å². The maximum atomic E-state index is 10.3. The van der Waals surface area contributed by atoms with E-state index in [1.807, 2.05) is 19.4 Å². The van der Waals surface area contributed by atoms with Crippen molar-refractivity contribution < 1.29 is 5.11 Å². The Morgan fingerprint density at radius 2 is 2.12 bits per heavy atom. The van der Waals surface area contributed by atoms with Crippen LogP contribution in [0.4, 0.5) is 0 Å². The van der Waals surface area contributed by atoms with Crippen molar-refractivity contribution in [1.29, 1.82) is 0 Å². The monoisotopic (exact) mass is 236 g/mol. The Morgan fingerprint density at radius 1 is 1.47 bits per heavy atom. The minimum absolute atomic E-state index is 0.199. The first kappa shape index (κ1) is 12.6. The third kappa shape index (κ3) is 3.32. The number of rotatable bonds is 3. The number of aryl methyl sites for hydroxylation is 1. The highest BCUT2D eigenvalue weighted by molar-refractivity contribution is 5.05. The van der Waals surface area contributed by atoms with Gasteiger partial charge in [-0.1, -0.05) is 13.8 Å². The van der Waals surface area contributed by atoms with Crippen molar-refractivity contribution >= 4 is 0 Å². The molecule has 2 rings (SSSR count). The fraction of sp³-hybridized carbons (Fsp3) is 0.786. The number of aliphatic hydroxyl groups is 1. The van der Waals surface area contributed by atoms with Crippen LogP contribution in [0, 0.1) is 11.3 Å². The summed E-state index contributed by atoms with van der Waals surface area (Å²) in [6.45, 7) is 4.66. The molecule has 1 heterocycles. The summed E-state index contributed by atoms with van der Waals surface area (Å²) in [4.78, 5) is 0. The van der Waals surface area contributed by atoms with E-state index in [0.717, 1.165) is 24.8 Å². The van der Waals surface area contributed by atoms with Crippen LogP contribution in [0.15, 0.2) is 12.4 Å². The number of hydrogen-bond donors (Lipinski definition) is 1. The van der Waals surface area contributed by atoms with Crippen molar-refractivity contribution in [2.45, 2.75) is 52.1 Å².